The predicted molar refractivity (Wildman–Crippen MR) is 72.0 cm³/mol. The van der Waals surface area contributed by atoms with Gasteiger partial charge in [0.05, 0.1) is 0 Å². The Kier molecular flexibility index (Phi) is 6.58. The topological polar surface area (TPSA) is 0 Å². The Morgan fingerprint density at radius 2 is 0.833 bits per heavy atom. The van der Waals surface area contributed by atoms with Crippen LogP contribution in [0.4, 0.5) is 0 Å². The summed E-state index contributed by atoms with van der Waals surface area (Å²) in [4.78, 5) is 0. The Balaban J connectivity index is 0.000000336. The summed E-state index contributed by atoms with van der Waals surface area (Å²) in [5, 5.41) is 0. The maximum Gasteiger partial charge on any atom is 0 e. The summed E-state index contributed by atoms with van der Waals surface area (Å²) in [7, 11) is 0. The summed E-state index contributed by atoms with van der Waals surface area (Å²) in [5.74, 6) is 2.31. The molecule has 0 aromatic rings. The average Bonchev–Trinajstić information content (AvgIpc) is 2.21. The first-order valence-electron chi connectivity index (χ1n) is 5.11. The highest BCUT2D eigenvalue weighted by atomic mass is 128. The van der Waals surface area contributed by atoms with Gasteiger partial charge in [-0.05, 0) is 11.8 Å². The second-order valence-electron chi connectivity index (χ2n) is 4.09. The molecule has 2 fully saturated rings. The largest absolute Gasteiger partial charge is 0.0530 e. The molecular formula is C10H18I2. The molecule has 2 aliphatic rings. The fourth-order valence-electron chi connectivity index (χ4n) is 2.86. The average molecular weight is 392 g/mol. The second kappa shape index (κ2) is 6.85. The maximum absolute atomic E-state index is 2.12. The summed E-state index contributed by atoms with van der Waals surface area (Å²) in [6, 6.07) is 0. The van der Waals surface area contributed by atoms with Crippen LogP contribution in [0, 0.1) is 11.8 Å². The van der Waals surface area contributed by atoms with Gasteiger partial charge in [0.2, 0.25) is 0 Å². The van der Waals surface area contributed by atoms with E-state index >= 15 is 0 Å². The molecule has 0 nitrogen and oxygen atoms in total. The summed E-state index contributed by atoms with van der Waals surface area (Å²) in [6.07, 6.45) is 12.4. The summed E-state index contributed by atoms with van der Waals surface area (Å²) < 4.78 is 0. The van der Waals surface area contributed by atoms with Crippen LogP contribution in [0.3, 0.4) is 0 Å². The van der Waals surface area contributed by atoms with Crippen LogP contribution in [0.15, 0.2) is 0 Å². The molecule has 2 saturated carbocycles. The van der Waals surface area contributed by atoms with Gasteiger partial charge in [-0.2, -0.15) is 0 Å². The van der Waals surface area contributed by atoms with Gasteiger partial charge in [-0.15, -0.1) is 0 Å². The Hall–Kier alpha value is 1.46. The zero-order valence-electron chi connectivity index (χ0n) is 7.57. The van der Waals surface area contributed by atoms with Crippen molar-refractivity contribution in [1.29, 1.82) is 0 Å². The highest BCUT2D eigenvalue weighted by molar-refractivity contribution is 15.0. The third kappa shape index (κ3) is 3.31. The molecule has 0 radical (unpaired) electrons. The van der Waals surface area contributed by atoms with E-state index in [2.05, 4.69) is 37.2 Å². The lowest BCUT2D eigenvalue weighted by molar-refractivity contribution is 0.171. The van der Waals surface area contributed by atoms with Crippen molar-refractivity contribution >= 4 is 37.2 Å². The third-order valence-electron chi connectivity index (χ3n) is 3.47. The molecule has 12 heavy (non-hydrogen) atoms. The molecule has 0 aromatic carbocycles. The van der Waals surface area contributed by atoms with Crippen LogP contribution < -0.4 is 0 Å². The zero-order valence-corrected chi connectivity index (χ0v) is 11.9. The SMILES string of the molecule is C1CCC2CCCCC2C1.II. The zero-order chi connectivity index (χ0) is 8.81. The van der Waals surface area contributed by atoms with Gasteiger partial charge in [0, 0.05) is 37.2 Å². The molecule has 0 unspecified atom stereocenters. The molecule has 0 heterocycles. The molecule has 2 heteroatoms. The minimum absolute atomic E-state index is 1.16. The van der Waals surface area contributed by atoms with Crippen LogP contribution >= 0.6 is 37.2 Å². The molecule has 2 rings (SSSR count). The number of hydrogen-bond acceptors (Lipinski definition) is 0. The lowest BCUT2D eigenvalue weighted by Gasteiger charge is -2.35. The standard InChI is InChI=1S/C10H18.I2/c1-2-6-10-8-4-3-7-9(10)5-1;1-2/h9-10H,1-8H2;. The quantitative estimate of drug-likeness (QED) is 0.501. The van der Waals surface area contributed by atoms with Crippen molar-refractivity contribution in [3.05, 3.63) is 0 Å². The molecular weight excluding hydrogens is 374 g/mol. The number of halogens is 2. The summed E-state index contributed by atoms with van der Waals surface area (Å²) >= 11 is 4.24. The van der Waals surface area contributed by atoms with Crippen LogP contribution in [0.25, 0.3) is 0 Å². The summed E-state index contributed by atoms with van der Waals surface area (Å²) in [5.41, 5.74) is 0. The molecule has 0 bridgehead atoms. The summed E-state index contributed by atoms with van der Waals surface area (Å²) in [6.45, 7) is 0. The van der Waals surface area contributed by atoms with E-state index in [1.54, 1.807) is 25.7 Å². The Morgan fingerprint density at radius 3 is 1.08 bits per heavy atom. The van der Waals surface area contributed by atoms with E-state index in [9.17, 15) is 0 Å². The lowest BCUT2D eigenvalue weighted by Crippen LogP contribution is -2.22. The van der Waals surface area contributed by atoms with E-state index in [0.29, 0.717) is 0 Å². The lowest BCUT2D eigenvalue weighted by atomic mass is 9.71. The molecule has 0 spiro atoms. The number of hydrogen-bond donors (Lipinski definition) is 0. The van der Waals surface area contributed by atoms with Crippen molar-refractivity contribution in [2.24, 2.45) is 11.8 Å². The molecule has 0 aliphatic heterocycles. The Labute approximate surface area is 99.6 Å². The van der Waals surface area contributed by atoms with E-state index in [-0.39, 0.29) is 0 Å². The first-order chi connectivity index (χ1) is 5.97. The Bertz CT molecular complexity index is 88.4. The highest BCUT2D eigenvalue weighted by Gasteiger charge is 2.26. The molecule has 0 N–H and O–H groups in total. The smallest absolute Gasteiger partial charge is 0 e. The predicted octanol–water partition coefficient (Wildman–Crippen LogP) is 5.14. The number of fused-ring (bicyclic) bond motifs is 1. The minimum atomic E-state index is 1.16. The van der Waals surface area contributed by atoms with E-state index in [1.165, 1.54) is 25.7 Å². The van der Waals surface area contributed by atoms with Gasteiger partial charge >= 0.3 is 0 Å². The fourth-order valence-corrected chi connectivity index (χ4v) is 2.86. The molecule has 0 aromatic heterocycles. The Morgan fingerprint density at radius 1 is 0.583 bits per heavy atom. The van der Waals surface area contributed by atoms with Crippen molar-refractivity contribution < 1.29 is 0 Å². The van der Waals surface area contributed by atoms with E-state index in [4.69, 9.17) is 0 Å². The molecule has 2 aliphatic carbocycles. The van der Waals surface area contributed by atoms with E-state index in [1.807, 2.05) is 0 Å². The van der Waals surface area contributed by atoms with E-state index < -0.39 is 0 Å². The van der Waals surface area contributed by atoms with Gasteiger partial charge in [-0.25, -0.2) is 0 Å². The van der Waals surface area contributed by atoms with Gasteiger partial charge < -0.3 is 0 Å². The van der Waals surface area contributed by atoms with Crippen molar-refractivity contribution in [3.63, 3.8) is 0 Å². The third-order valence-corrected chi connectivity index (χ3v) is 3.47. The first-order valence-corrected chi connectivity index (χ1v) is 11.4. The van der Waals surface area contributed by atoms with Crippen LogP contribution in [-0.2, 0) is 0 Å². The van der Waals surface area contributed by atoms with Gasteiger partial charge in [-0.3, -0.25) is 0 Å². The maximum atomic E-state index is 2.12. The molecule has 0 amide bonds. The van der Waals surface area contributed by atoms with Crippen molar-refractivity contribution in [3.8, 4) is 0 Å². The van der Waals surface area contributed by atoms with Crippen LogP contribution in [-0.4, -0.2) is 0 Å². The van der Waals surface area contributed by atoms with Crippen LogP contribution in [0.1, 0.15) is 51.4 Å². The molecule has 72 valence electrons. The van der Waals surface area contributed by atoms with Gasteiger partial charge in [-0.1, -0.05) is 51.4 Å². The van der Waals surface area contributed by atoms with Crippen molar-refractivity contribution in [2.45, 2.75) is 51.4 Å². The van der Waals surface area contributed by atoms with Crippen LogP contribution in [0.2, 0.25) is 0 Å². The number of rotatable bonds is 0. The van der Waals surface area contributed by atoms with Gasteiger partial charge in [0.15, 0.2) is 0 Å². The van der Waals surface area contributed by atoms with Gasteiger partial charge in [0.1, 0.15) is 0 Å². The second-order valence-corrected chi connectivity index (χ2v) is 4.09. The van der Waals surface area contributed by atoms with Crippen LogP contribution in [0.5, 0.6) is 0 Å². The van der Waals surface area contributed by atoms with Gasteiger partial charge in [0.25, 0.3) is 0 Å². The monoisotopic (exact) mass is 392 g/mol. The molecule has 0 saturated heterocycles. The van der Waals surface area contributed by atoms with E-state index in [0.717, 1.165) is 11.8 Å². The highest BCUT2D eigenvalue weighted by Crippen LogP contribution is 2.39. The minimum Gasteiger partial charge on any atom is -0.0530 e. The normalized spacial score (nSPS) is 34.5. The van der Waals surface area contributed by atoms with Crippen molar-refractivity contribution in [2.75, 3.05) is 0 Å². The fraction of sp³-hybridized carbons (Fsp3) is 1.00. The first kappa shape index (κ1) is 11.5. The van der Waals surface area contributed by atoms with Crippen molar-refractivity contribution in [1.82, 2.24) is 0 Å². The molecule has 0 atom stereocenters.